The van der Waals surface area contributed by atoms with Crippen molar-refractivity contribution in [1.82, 2.24) is 9.55 Å². The predicted molar refractivity (Wildman–Crippen MR) is 95.8 cm³/mol. The summed E-state index contributed by atoms with van der Waals surface area (Å²) in [5.41, 5.74) is 5.16. The van der Waals surface area contributed by atoms with Gasteiger partial charge in [-0.05, 0) is 0 Å². The number of alkyl halides is 3. The van der Waals surface area contributed by atoms with Gasteiger partial charge in [-0.15, -0.1) is 19.8 Å². The third-order valence-corrected chi connectivity index (χ3v) is 3.73. The summed E-state index contributed by atoms with van der Waals surface area (Å²) in [7, 11) is 0. The molecule has 1 fully saturated rings. The van der Waals surface area contributed by atoms with Crippen molar-refractivity contribution in [3.05, 3.63) is 34.9 Å². The van der Waals surface area contributed by atoms with Gasteiger partial charge < -0.3 is 25.1 Å². The van der Waals surface area contributed by atoms with Gasteiger partial charge in [-0.3, -0.25) is 4.57 Å². The SMILES string of the molecule is C=CCOC1CC(n2cc(C#CCN=COC(F)(F)F)c(N)nc2=O)OC1CO. The van der Waals surface area contributed by atoms with Gasteiger partial charge in [0, 0.05) is 12.6 Å². The number of anilines is 1. The molecular formula is C17H19F3N4O5. The van der Waals surface area contributed by atoms with Gasteiger partial charge in [0.1, 0.15) is 24.7 Å². The molecule has 0 aliphatic carbocycles. The van der Waals surface area contributed by atoms with Crippen LogP contribution < -0.4 is 11.4 Å². The normalized spacial score (nSPS) is 21.7. The third kappa shape index (κ3) is 6.60. The summed E-state index contributed by atoms with van der Waals surface area (Å²) in [6.07, 6.45) is -3.29. The largest absolute Gasteiger partial charge is 0.573 e. The highest BCUT2D eigenvalue weighted by molar-refractivity contribution is 5.50. The van der Waals surface area contributed by atoms with Gasteiger partial charge in [0.15, 0.2) is 6.40 Å². The Morgan fingerprint density at radius 3 is 2.97 bits per heavy atom. The van der Waals surface area contributed by atoms with Crippen molar-refractivity contribution in [2.24, 2.45) is 4.99 Å². The van der Waals surface area contributed by atoms with Crippen molar-refractivity contribution in [2.75, 3.05) is 25.5 Å². The highest BCUT2D eigenvalue weighted by Gasteiger charge is 2.37. The minimum absolute atomic E-state index is 0.148. The fraction of sp³-hybridized carbons (Fsp3) is 0.471. The van der Waals surface area contributed by atoms with Gasteiger partial charge in [0.2, 0.25) is 0 Å². The van der Waals surface area contributed by atoms with E-state index in [4.69, 9.17) is 15.2 Å². The molecule has 3 N–H and O–H groups in total. The smallest absolute Gasteiger partial charge is 0.395 e. The fourth-order valence-corrected chi connectivity index (χ4v) is 2.50. The number of nitrogen functional groups attached to an aromatic ring is 1. The Bertz CT molecular complexity index is 859. The maximum absolute atomic E-state index is 12.2. The standard InChI is InChI=1S/C17H19F3N4O5/c1-2-6-27-12-7-14(29-13(12)9-25)24-8-11(15(21)23-16(24)26)4-3-5-22-10-28-17(18,19)20/h2,8,10,12-14,25H,1,5-7,9H2,(H2,21,23,26). The van der Waals surface area contributed by atoms with Crippen molar-refractivity contribution in [3.63, 3.8) is 0 Å². The highest BCUT2D eigenvalue weighted by atomic mass is 19.4. The molecular weight excluding hydrogens is 397 g/mol. The molecule has 0 spiro atoms. The van der Waals surface area contributed by atoms with Gasteiger partial charge in [0.05, 0.1) is 24.9 Å². The van der Waals surface area contributed by atoms with E-state index in [0.29, 0.717) is 0 Å². The summed E-state index contributed by atoms with van der Waals surface area (Å²) >= 11 is 0. The van der Waals surface area contributed by atoms with Crippen LogP contribution in [0.25, 0.3) is 0 Å². The van der Waals surface area contributed by atoms with Gasteiger partial charge in [-0.2, -0.15) is 4.98 Å². The van der Waals surface area contributed by atoms with Crippen molar-refractivity contribution in [1.29, 1.82) is 0 Å². The average Bonchev–Trinajstić information content (AvgIpc) is 3.06. The van der Waals surface area contributed by atoms with Gasteiger partial charge >= 0.3 is 12.1 Å². The van der Waals surface area contributed by atoms with Crippen LogP contribution >= 0.6 is 0 Å². The molecule has 29 heavy (non-hydrogen) atoms. The lowest BCUT2D eigenvalue weighted by Crippen LogP contribution is -2.29. The summed E-state index contributed by atoms with van der Waals surface area (Å²) in [4.78, 5) is 19.2. The van der Waals surface area contributed by atoms with Gasteiger partial charge in [-0.1, -0.05) is 17.9 Å². The first-order valence-electron chi connectivity index (χ1n) is 8.34. The number of aliphatic hydroxyl groups excluding tert-OH is 1. The first kappa shape index (κ1) is 22.4. The number of aliphatic hydroxyl groups is 1. The molecule has 9 nitrogen and oxygen atoms in total. The fourth-order valence-electron chi connectivity index (χ4n) is 2.50. The van der Waals surface area contributed by atoms with E-state index in [2.05, 4.69) is 33.1 Å². The molecule has 2 rings (SSSR count). The lowest BCUT2D eigenvalue weighted by molar-refractivity contribution is -0.280. The van der Waals surface area contributed by atoms with Crippen LogP contribution in [0, 0.1) is 11.8 Å². The molecule has 1 aliphatic rings. The molecule has 12 heteroatoms. The molecule has 1 aliphatic heterocycles. The van der Waals surface area contributed by atoms with Crippen LogP contribution in [0.3, 0.4) is 0 Å². The minimum Gasteiger partial charge on any atom is -0.395 e. The molecule has 1 saturated heterocycles. The monoisotopic (exact) mass is 416 g/mol. The Hall–Kier alpha value is -2.88. The minimum atomic E-state index is -4.82. The van der Waals surface area contributed by atoms with E-state index < -0.39 is 30.5 Å². The molecule has 2 heterocycles. The second-order valence-corrected chi connectivity index (χ2v) is 5.75. The molecule has 0 amide bonds. The summed E-state index contributed by atoms with van der Waals surface area (Å²) in [5.74, 6) is 4.90. The van der Waals surface area contributed by atoms with E-state index in [1.165, 1.54) is 6.20 Å². The van der Waals surface area contributed by atoms with E-state index in [-0.39, 0.29) is 44.0 Å². The van der Waals surface area contributed by atoms with Crippen LogP contribution in [0.1, 0.15) is 18.2 Å². The molecule has 0 saturated carbocycles. The zero-order valence-corrected chi connectivity index (χ0v) is 15.1. The topological polar surface area (TPSA) is 121 Å². The maximum atomic E-state index is 12.2. The van der Waals surface area contributed by atoms with Crippen LogP contribution in [-0.4, -0.2) is 59.4 Å². The van der Waals surface area contributed by atoms with E-state index in [0.717, 1.165) is 4.57 Å². The summed E-state index contributed by atoms with van der Waals surface area (Å²) in [5, 5.41) is 9.44. The van der Waals surface area contributed by atoms with Gasteiger partial charge in [-0.25, -0.2) is 9.79 Å². The molecule has 0 aromatic carbocycles. The molecule has 0 radical (unpaired) electrons. The summed E-state index contributed by atoms with van der Waals surface area (Å²) < 4.78 is 51.2. The van der Waals surface area contributed by atoms with Crippen LogP contribution in [0.15, 0.2) is 28.6 Å². The lowest BCUT2D eigenvalue weighted by atomic mass is 10.2. The summed E-state index contributed by atoms with van der Waals surface area (Å²) in [6.45, 7) is 3.20. The number of nitrogens with zero attached hydrogens (tertiary/aromatic N) is 3. The number of hydrogen-bond donors (Lipinski definition) is 2. The second-order valence-electron chi connectivity index (χ2n) is 5.75. The number of rotatable bonds is 7. The second kappa shape index (κ2) is 10.1. The predicted octanol–water partition coefficient (Wildman–Crippen LogP) is 0.593. The van der Waals surface area contributed by atoms with E-state index in [1.807, 2.05) is 0 Å². The summed E-state index contributed by atoms with van der Waals surface area (Å²) in [6, 6.07) is 0. The Kier molecular flexibility index (Phi) is 7.77. The molecule has 1 aromatic rings. The van der Waals surface area contributed by atoms with Crippen LogP contribution in [-0.2, 0) is 14.2 Å². The Labute approximate surface area is 163 Å². The van der Waals surface area contributed by atoms with Crippen molar-refractivity contribution < 1.29 is 32.5 Å². The number of nitrogens with two attached hydrogens (primary N) is 1. The van der Waals surface area contributed by atoms with Crippen molar-refractivity contribution >= 4 is 12.2 Å². The first-order valence-corrected chi connectivity index (χ1v) is 8.34. The zero-order valence-electron chi connectivity index (χ0n) is 15.1. The van der Waals surface area contributed by atoms with Crippen LogP contribution in [0.2, 0.25) is 0 Å². The third-order valence-electron chi connectivity index (χ3n) is 3.73. The maximum Gasteiger partial charge on any atom is 0.573 e. The number of hydrogen-bond acceptors (Lipinski definition) is 8. The quantitative estimate of drug-likeness (QED) is 0.289. The van der Waals surface area contributed by atoms with Gasteiger partial charge in [0.25, 0.3) is 0 Å². The number of halogens is 3. The number of aliphatic imine (C=N–C) groups is 1. The van der Waals surface area contributed by atoms with Crippen molar-refractivity contribution in [3.8, 4) is 11.8 Å². The van der Waals surface area contributed by atoms with E-state index in [1.54, 1.807) is 6.08 Å². The molecule has 3 atom stereocenters. The van der Waals surface area contributed by atoms with Crippen LogP contribution in [0.4, 0.5) is 19.0 Å². The Morgan fingerprint density at radius 1 is 1.55 bits per heavy atom. The Balaban J connectivity index is 2.13. The molecule has 1 aromatic heterocycles. The molecule has 3 unspecified atom stereocenters. The molecule has 158 valence electrons. The number of aromatic nitrogens is 2. The van der Waals surface area contributed by atoms with E-state index >= 15 is 0 Å². The lowest BCUT2D eigenvalue weighted by Gasteiger charge is -2.15. The van der Waals surface area contributed by atoms with Crippen molar-refractivity contribution in [2.45, 2.75) is 31.2 Å². The Morgan fingerprint density at radius 2 is 2.31 bits per heavy atom. The van der Waals surface area contributed by atoms with E-state index in [9.17, 15) is 23.1 Å². The molecule has 0 bridgehead atoms. The number of ether oxygens (including phenoxy) is 3. The highest BCUT2D eigenvalue weighted by Crippen LogP contribution is 2.30. The zero-order chi connectivity index (χ0) is 21.4. The average molecular weight is 416 g/mol. The first-order chi connectivity index (χ1) is 13.7. The van der Waals surface area contributed by atoms with Crippen LogP contribution in [0.5, 0.6) is 0 Å².